The number of aromatic nitrogens is 3. The predicted octanol–water partition coefficient (Wildman–Crippen LogP) is 3.13. The van der Waals surface area contributed by atoms with Crippen LogP contribution in [-0.4, -0.2) is 20.2 Å². The Morgan fingerprint density at radius 3 is 2.77 bits per heavy atom. The lowest BCUT2D eigenvalue weighted by Gasteiger charge is -2.05. The van der Waals surface area contributed by atoms with Gasteiger partial charge in [0.2, 0.25) is 0 Å². The molecule has 1 aliphatic rings. The van der Waals surface area contributed by atoms with Crippen molar-refractivity contribution in [3.05, 3.63) is 41.7 Å². The van der Waals surface area contributed by atoms with Crippen LogP contribution < -0.4 is 0 Å². The Balaban J connectivity index is 1.83. The van der Waals surface area contributed by atoms with E-state index in [1.54, 1.807) is 0 Å². The summed E-state index contributed by atoms with van der Waals surface area (Å²) >= 11 is 0. The SMILES string of the molecule is Cc1cn2cc(CC(=O)C3CC3)nc(-c3ccc(C)o3)c2n1. The molecule has 0 atom stereocenters. The molecule has 0 N–H and O–H groups in total. The van der Waals surface area contributed by atoms with E-state index in [9.17, 15) is 4.79 Å². The lowest BCUT2D eigenvalue weighted by molar-refractivity contribution is -0.119. The maximum atomic E-state index is 12.1. The molecule has 3 aromatic rings. The van der Waals surface area contributed by atoms with Gasteiger partial charge in [0.05, 0.1) is 17.8 Å². The van der Waals surface area contributed by atoms with E-state index in [1.807, 2.05) is 42.8 Å². The molecular formula is C17H17N3O2. The number of imidazole rings is 1. The summed E-state index contributed by atoms with van der Waals surface area (Å²) in [5.41, 5.74) is 3.14. The lowest BCUT2D eigenvalue weighted by atomic mass is 10.1. The molecule has 112 valence electrons. The van der Waals surface area contributed by atoms with Gasteiger partial charge >= 0.3 is 0 Å². The predicted molar refractivity (Wildman–Crippen MR) is 81.6 cm³/mol. The Labute approximate surface area is 128 Å². The number of ketones is 1. The summed E-state index contributed by atoms with van der Waals surface area (Å²) in [6.45, 7) is 3.84. The summed E-state index contributed by atoms with van der Waals surface area (Å²) in [6.07, 6.45) is 6.27. The third-order valence-corrected chi connectivity index (χ3v) is 3.97. The molecule has 4 rings (SSSR count). The third-order valence-electron chi connectivity index (χ3n) is 3.97. The first-order valence-electron chi connectivity index (χ1n) is 7.55. The number of hydrogen-bond acceptors (Lipinski definition) is 4. The number of fused-ring (bicyclic) bond motifs is 1. The van der Waals surface area contributed by atoms with E-state index in [4.69, 9.17) is 4.42 Å². The molecule has 0 aromatic carbocycles. The molecular weight excluding hydrogens is 278 g/mol. The van der Waals surface area contributed by atoms with Crippen LogP contribution in [0.25, 0.3) is 17.1 Å². The highest BCUT2D eigenvalue weighted by Crippen LogP contribution is 2.31. The molecule has 5 nitrogen and oxygen atoms in total. The summed E-state index contributed by atoms with van der Waals surface area (Å²) in [4.78, 5) is 21.3. The molecule has 0 radical (unpaired) electrons. The molecule has 0 amide bonds. The van der Waals surface area contributed by atoms with Crippen LogP contribution in [0, 0.1) is 19.8 Å². The lowest BCUT2D eigenvalue weighted by Crippen LogP contribution is -2.08. The minimum atomic E-state index is 0.247. The van der Waals surface area contributed by atoms with Crippen LogP contribution in [0.15, 0.2) is 28.9 Å². The van der Waals surface area contributed by atoms with Crippen LogP contribution in [0.2, 0.25) is 0 Å². The standard InChI is InChI=1S/C17H17N3O2/c1-10-8-20-9-13(7-14(21)12-4-5-12)19-16(17(20)18-10)15-6-3-11(2)22-15/h3,6,8-9,12H,4-5,7H2,1-2H3. The Kier molecular flexibility index (Phi) is 2.89. The summed E-state index contributed by atoms with van der Waals surface area (Å²) < 4.78 is 7.64. The first-order valence-corrected chi connectivity index (χ1v) is 7.55. The second kappa shape index (κ2) is 4.80. The number of nitrogens with zero attached hydrogens (tertiary/aromatic N) is 3. The molecule has 22 heavy (non-hydrogen) atoms. The summed E-state index contributed by atoms with van der Waals surface area (Å²) in [6, 6.07) is 3.81. The largest absolute Gasteiger partial charge is 0.460 e. The van der Waals surface area contributed by atoms with E-state index in [2.05, 4.69) is 9.97 Å². The number of Topliss-reactive ketones (excluding diaryl/α,β-unsaturated/α-hetero) is 1. The number of aryl methyl sites for hydroxylation is 2. The highest BCUT2D eigenvalue weighted by Gasteiger charge is 2.29. The van der Waals surface area contributed by atoms with Gasteiger partial charge in [0.15, 0.2) is 11.4 Å². The van der Waals surface area contributed by atoms with Gasteiger partial charge < -0.3 is 8.82 Å². The van der Waals surface area contributed by atoms with E-state index in [-0.39, 0.29) is 11.7 Å². The number of carbonyl (C=O) groups excluding carboxylic acids is 1. The van der Waals surface area contributed by atoms with Crippen LogP contribution in [-0.2, 0) is 11.2 Å². The van der Waals surface area contributed by atoms with Gasteiger partial charge in [-0.25, -0.2) is 9.97 Å². The molecule has 0 saturated heterocycles. The zero-order chi connectivity index (χ0) is 15.3. The van der Waals surface area contributed by atoms with Gasteiger partial charge in [0, 0.05) is 18.3 Å². The molecule has 0 unspecified atom stereocenters. The molecule has 3 heterocycles. The average molecular weight is 295 g/mol. The fraction of sp³-hybridized carbons (Fsp3) is 0.353. The van der Waals surface area contributed by atoms with Gasteiger partial charge in [0.1, 0.15) is 17.2 Å². The summed E-state index contributed by atoms with van der Waals surface area (Å²) in [5.74, 6) is 2.05. The van der Waals surface area contributed by atoms with Crippen LogP contribution in [0.5, 0.6) is 0 Å². The van der Waals surface area contributed by atoms with Gasteiger partial charge in [0.25, 0.3) is 0 Å². The van der Waals surface area contributed by atoms with Gasteiger partial charge in [-0.2, -0.15) is 0 Å². The molecule has 1 fully saturated rings. The van der Waals surface area contributed by atoms with Gasteiger partial charge in [-0.15, -0.1) is 0 Å². The fourth-order valence-corrected chi connectivity index (χ4v) is 2.71. The van der Waals surface area contributed by atoms with Crippen molar-refractivity contribution in [1.82, 2.24) is 14.4 Å². The first-order chi connectivity index (χ1) is 10.6. The second-order valence-electron chi connectivity index (χ2n) is 6.02. The quantitative estimate of drug-likeness (QED) is 0.742. The van der Waals surface area contributed by atoms with E-state index in [1.165, 1.54) is 0 Å². The van der Waals surface area contributed by atoms with Gasteiger partial charge in [-0.1, -0.05) is 0 Å². The molecule has 5 heteroatoms. The van der Waals surface area contributed by atoms with Crippen molar-refractivity contribution in [3.63, 3.8) is 0 Å². The third kappa shape index (κ3) is 2.32. The topological polar surface area (TPSA) is 60.4 Å². The van der Waals surface area contributed by atoms with Gasteiger partial charge in [-0.05, 0) is 38.8 Å². The Morgan fingerprint density at radius 2 is 2.09 bits per heavy atom. The summed E-state index contributed by atoms with van der Waals surface area (Å²) in [7, 11) is 0. The molecule has 3 aromatic heterocycles. The van der Waals surface area contributed by atoms with E-state index < -0.39 is 0 Å². The number of hydrogen-bond donors (Lipinski definition) is 0. The summed E-state index contributed by atoms with van der Waals surface area (Å²) in [5, 5.41) is 0. The highest BCUT2D eigenvalue weighted by molar-refractivity contribution is 5.85. The number of carbonyl (C=O) groups is 1. The zero-order valence-electron chi connectivity index (χ0n) is 12.7. The van der Waals surface area contributed by atoms with Gasteiger partial charge in [-0.3, -0.25) is 4.79 Å². The second-order valence-corrected chi connectivity index (χ2v) is 6.02. The van der Waals surface area contributed by atoms with Crippen LogP contribution in [0.1, 0.15) is 30.0 Å². The molecule has 1 saturated carbocycles. The van der Waals surface area contributed by atoms with Crippen molar-refractivity contribution >= 4 is 11.4 Å². The molecule has 0 bridgehead atoms. The minimum Gasteiger partial charge on any atom is -0.460 e. The van der Waals surface area contributed by atoms with E-state index in [0.29, 0.717) is 17.9 Å². The monoisotopic (exact) mass is 295 g/mol. The van der Waals surface area contributed by atoms with Crippen molar-refractivity contribution in [2.45, 2.75) is 33.1 Å². The fourth-order valence-electron chi connectivity index (χ4n) is 2.71. The van der Waals surface area contributed by atoms with Crippen LogP contribution in [0.4, 0.5) is 0 Å². The molecule has 1 aliphatic carbocycles. The van der Waals surface area contributed by atoms with Crippen molar-refractivity contribution in [1.29, 1.82) is 0 Å². The average Bonchev–Trinajstić information content (AvgIpc) is 3.13. The van der Waals surface area contributed by atoms with Crippen molar-refractivity contribution in [2.75, 3.05) is 0 Å². The number of furan rings is 1. The molecule has 0 spiro atoms. The first kappa shape index (κ1) is 13.2. The van der Waals surface area contributed by atoms with E-state index >= 15 is 0 Å². The Morgan fingerprint density at radius 1 is 1.27 bits per heavy atom. The minimum absolute atomic E-state index is 0.247. The molecule has 0 aliphatic heterocycles. The van der Waals surface area contributed by atoms with E-state index in [0.717, 1.165) is 35.6 Å². The smallest absolute Gasteiger partial charge is 0.167 e. The van der Waals surface area contributed by atoms with Crippen LogP contribution in [0.3, 0.4) is 0 Å². The maximum absolute atomic E-state index is 12.1. The zero-order valence-corrected chi connectivity index (χ0v) is 12.7. The Bertz CT molecular complexity index is 871. The van der Waals surface area contributed by atoms with Crippen molar-refractivity contribution in [3.8, 4) is 11.5 Å². The normalized spacial score (nSPS) is 14.6. The van der Waals surface area contributed by atoms with Crippen LogP contribution >= 0.6 is 0 Å². The number of rotatable bonds is 4. The maximum Gasteiger partial charge on any atom is 0.167 e. The Hall–Kier alpha value is -2.43. The highest BCUT2D eigenvalue weighted by atomic mass is 16.3. The van der Waals surface area contributed by atoms with Crippen molar-refractivity contribution < 1.29 is 9.21 Å². The van der Waals surface area contributed by atoms with Crippen molar-refractivity contribution in [2.24, 2.45) is 5.92 Å².